The molecule has 0 N–H and O–H groups in total. The van der Waals surface area contributed by atoms with E-state index >= 15 is 0 Å². The summed E-state index contributed by atoms with van der Waals surface area (Å²) in [6.45, 7) is 0. The minimum atomic E-state index is -0.331. The van der Waals surface area contributed by atoms with Crippen molar-refractivity contribution < 1.29 is 4.39 Å². The van der Waals surface area contributed by atoms with E-state index in [0.29, 0.717) is 32.4 Å². The molecule has 0 atom stereocenters. The molecule has 3 aromatic rings. The smallest absolute Gasteiger partial charge is 0.262 e. The second-order valence-electron chi connectivity index (χ2n) is 6.87. The lowest BCUT2D eigenvalue weighted by molar-refractivity contribution is 0.326. The van der Waals surface area contributed by atoms with Crippen LogP contribution in [0.5, 0.6) is 0 Å². The van der Waals surface area contributed by atoms with Gasteiger partial charge in [-0.25, -0.2) is 9.37 Å². The monoisotopic (exact) mass is 402 g/mol. The number of hydrogen-bond donors (Lipinski definition) is 0. The van der Waals surface area contributed by atoms with Crippen molar-refractivity contribution in [3.63, 3.8) is 0 Å². The Kier molecular flexibility index (Phi) is 5.50. The molecule has 0 amide bonds. The SMILES string of the molecule is O=c1c2ccccc2nc(SCc2c(F)cccc2Cl)n1C1CCCCC1. The number of thioether (sulfide) groups is 1. The van der Waals surface area contributed by atoms with E-state index in [9.17, 15) is 9.18 Å². The summed E-state index contributed by atoms with van der Waals surface area (Å²) in [4.78, 5) is 17.9. The molecule has 27 heavy (non-hydrogen) atoms. The predicted molar refractivity (Wildman–Crippen MR) is 109 cm³/mol. The first kappa shape index (κ1) is 18.5. The lowest BCUT2D eigenvalue weighted by atomic mass is 9.95. The molecular weight excluding hydrogens is 383 g/mol. The molecule has 0 saturated heterocycles. The number of para-hydroxylation sites is 1. The number of aromatic nitrogens is 2. The third-order valence-electron chi connectivity index (χ3n) is 5.12. The molecule has 0 radical (unpaired) electrons. The number of rotatable bonds is 4. The van der Waals surface area contributed by atoms with Gasteiger partial charge < -0.3 is 0 Å². The molecule has 1 heterocycles. The zero-order valence-electron chi connectivity index (χ0n) is 14.8. The molecular formula is C21H20ClFN2OS. The van der Waals surface area contributed by atoms with Gasteiger partial charge in [0.25, 0.3) is 5.56 Å². The maximum absolute atomic E-state index is 14.2. The van der Waals surface area contributed by atoms with E-state index < -0.39 is 0 Å². The number of fused-ring (bicyclic) bond motifs is 1. The normalized spacial score (nSPS) is 15.3. The molecule has 1 aliphatic carbocycles. The molecule has 2 aromatic carbocycles. The van der Waals surface area contributed by atoms with Crippen LogP contribution in [0.15, 0.2) is 52.4 Å². The van der Waals surface area contributed by atoms with Crippen molar-refractivity contribution in [2.75, 3.05) is 0 Å². The molecule has 3 nitrogen and oxygen atoms in total. The Labute approximate surface area is 166 Å². The zero-order valence-corrected chi connectivity index (χ0v) is 16.4. The summed E-state index contributed by atoms with van der Waals surface area (Å²) in [5, 5.41) is 1.68. The molecule has 4 rings (SSSR count). The number of hydrogen-bond acceptors (Lipinski definition) is 3. The second-order valence-corrected chi connectivity index (χ2v) is 8.22. The minimum absolute atomic E-state index is 0.00497. The lowest BCUT2D eigenvalue weighted by Gasteiger charge is -2.26. The fraction of sp³-hybridized carbons (Fsp3) is 0.333. The lowest BCUT2D eigenvalue weighted by Crippen LogP contribution is -2.29. The van der Waals surface area contributed by atoms with Gasteiger partial charge in [0.05, 0.1) is 10.9 Å². The maximum atomic E-state index is 14.2. The Morgan fingerprint density at radius 2 is 1.89 bits per heavy atom. The number of halogens is 2. The van der Waals surface area contributed by atoms with E-state index in [0.717, 1.165) is 25.7 Å². The minimum Gasteiger partial charge on any atom is -0.284 e. The molecule has 0 unspecified atom stereocenters. The number of nitrogens with zero attached hydrogens (tertiary/aromatic N) is 2. The molecule has 1 fully saturated rings. The summed E-state index contributed by atoms with van der Waals surface area (Å²) in [7, 11) is 0. The van der Waals surface area contributed by atoms with Crippen molar-refractivity contribution in [3.05, 3.63) is 69.2 Å². The van der Waals surface area contributed by atoms with Gasteiger partial charge in [-0.1, -0.05) is 60.8 Å². The summed E-state index contributed by atoms with van der Waals surface area (Å²) >= 11 is 7.55. The Morgan fingerprint density at radius 3 is 2.67 bits per heavy atom. The van der Waals surface area contributed by atoms with E-state index in [1.54, 1.807) is 12.1 Å². The quantitative estimate of drug-likeness (QED) is 0.397. The highest BCUT2D eigenvalue weighted by Crippen LogP contribution is 2.33. The van der Waals surface area contributed by atoms with Crippen LogP contribution in [0.1, 0.15) is 43.7 Å². The van der Waals surface area contributed by atoms with Crippen molar-refractivity contribution in [3.8, 4) is 0 Å². The van der Waals surface area contributed by atoms with Crippen LogP contribution in [0, 0.1) is 5.82 Å². The largest absolute Gasteiger partial charge is 0.284 e. The van der Waals surface area contributed by atoms with Gasteiger partial charge in [-0.05, 0) is 37.1 Å². The average Bonchev–Trinajstić information content (AvgIpc) is 2.68. The summed E-state index contributed by atoms with van der Waals surface area (Å²) in [5.74, 6) is 0.00516. The summed E-state index contributed by atoms with van der Waals surface area (Å²) in [6, 6.07) is 12.3. The fourth-order valence-corrected chi connectivity index (χ4v) is 5.11. The standard InChI is InChI=1S/C21H20ClFN2OS/c22-17-10-6-11-18(23)16(17)13-27-21-24-19-12-5-4-9-15(19)20(26)25(21)14-7-2-1-3-8-14/h4-6,9-12,14H,1-3,7-8,13H2. The number of benzene rings is 2. The molecule has 6 heteroatoms. The first-order chi connectivity index (χ1) is 13.1. The topological polar surface area (TPSA) is 34.9 Å². The van der Waals surface area contributed by atoms with Gasteiger partial charge in [0.2, 0.25) is 0 Å². The summed E-state index contributed by atoms with van der Waals surface area (Å²) in [5.41, 5.74) is 1.12. The third-order valence-corrected chi connectivity index (χ3v) is 6.46. The Balaban J connectivity index is 1.77. The molecule has 0 bridgehead atoms. The van der Waals surface area contributed by atoms with E-state index in [2.05, 4.69) is 0 Å². The van der Waals surface area contributed by atoms with Gasteiger partial charge in [0.1, 0.15) is 5.82 Å². The molecule has 0 spiro atoms. The Hall–Kier alpha value is -1.85. The van der Waals surface area contributed by atoms with Crippen LogP contribution in [0.2, 0.25) is 5.02 Å². The first-order valence-electron chi connectivity index (χ1n) is 9.22. The van der Waals surface area contributed by atoms with Crippen LogP contribution in [0.25, 0.3) is 10.9 Å². The molecule has 0 aliphatic heterocycles. The first-order valence-corrected chi connectivity index (χ1v) is 10.6. The van der Waals surface area contributed by atoms with Crippen LogP contribution in [0.3, 0.4) is 0 Å². The van der Waals surface area contributed by atoms with Gasteiger partial charge >= 0.3 is 0 Å². The highest BCUT2D eigenvalue weighted by Gasteiger charge is 2.22. The van der Waals surface area contributed by atoms with E-state index in [4.69, 9.17) is 16.6 Å². The predicted octanol–water partition coefficient (Wildman–Crippen LogP) is 5.99. The van der Waals surface area contributed by atoms with Gasteiger partial charge in [0, 0.05) is 22.4 Å². The van der Waals surface area contributed by atoms with Crippen molar-refractivity contribution in [1.82, 2.24) is 9.55 Å². The van der Waals surface area contributed by atoms with E-state index in [1.807, 2.05) is 28.8 Å². The van der Waals surface area contributed by atoms with Crippen molar-refractivity contribution in [2.45, 2.75) is 49.1 Å². The van der Waals surface area contributed by atoms with Crippen molar-refractivity contribution in [2.24, 2.45) is 0 Å². The molecule has 1 aromatic heterocycles. The van der Waals surface area contributed by atoms with Crippen molar-refractivity contribution >= 4 is 34.3 Å². The van der Waals surface area contributed by atoms with Crippen molar-refractivity contribution in [1.29, 1.82) is 0 Å². The van der Waals surface area contributed by atoms with E-state index in [-0.39, 0.29) is 17.4 Å². The van der Waals surface area contributed by atoms with Gasteiger partial charge in [-0.15, -0.1) is 0 Å². The van der Waals surface area contributed by atoms with Gasteiger partial charge in [-0.3, -0.25) is 9.36 Å². The van der Waals surface area contributed by atoms with Crippen LogP contribution >= 0.6 is 23.4 Å². The average molecular weight is 403 g/mol. The summed E-state index contributed by atoms with van der Waals surface area (Å²) < 4.78 is 16.0. The highest BCUT2D eigenvalue weighted by atomic mass is 35.5. The fourth-order valence-electron chi connectivity index (χ4n) is 3.70. The van der Waals surface area contributed by atoms with E-state index in [1.165, 1.54) is 24.2 Å². The Bertz CT molecular complexity index is 1010. The Morgan fingerprint density at radius 1 is 1.11 bits per heavy atom. The second kappa shape index (κ2) is 8.03. The molecule has 1 saturated carbocycles. The zero-order chi connectivity index (χ0) is 18.8. The van der Waals surface area contributed by atoms with Crippen LogP contribution in [-0.2, 0) is 5.75 Å². The maximum Gasteiger partial charge on any atom is 0.262 e. The molecule has 1 aliphatic rings. The van der Waals surface area contributed by atoms with Gasteiger partial charge in [0.15, 0.2) is 5.16 Å². The highest BCUT2D eigenvalue weighted by molar-refractivity contribution is 7.98. The van der Waals surface area contributed by atoms with Crippen LogP contribution in [-0.4, -0.2) is 9.55 Å². The molecule has 140 valence electrons. The van der Waals surface area contributed by atoms with Crippen LogP contribution < -0.4 is 5.56 Å². The van der Waals surface area contributed by atoms with Gasteiger partial charge in [-0.2, -0.15) is 0 Å². The van der Waals surface area contributed by atoms with Crippen LogP contribution in [0.4, 0.5) is 4.39 Å². The third kappa shape index (κ3) is 3.76. The summed E-state index contributed by atoms with van der Waals surface area (Å²) in [6.07, 6.45) is 5.40.